The molecule has 0 amide bonds. The molecule has 0 atom stereocenters. The Morgan fingerprint density at radius 1 is 1.05 bits per heavy atom. The molecule has 1 saturated carbocycles. The van der Waals surface area contributed by atoms with Crippen LogP contribution in [0.1, 0.15) is 32.7 Å². The van der Waals surface area contributed by atoms with E-state index in [-0.39, 0.29) is 11.8 Å². The van der Waals surface area contributed by atoms with Crippen LogP contribution >= 0.6 is 11.3 Å². The Hall–Kier alpha value is -4.35. The Balaban J connectivity index is 1.27. The minimum atomic E-state index is -0.359. The highest BCUT2D eigenvalue weighted by Crippen LogP contribution is 2.44. The second kappa shape index (κ2) is 11.4. The lowest BCUT2D eigenvalue weighted by Gasteiger charge is -2.36. The van der Waals surface area contributed by atoms with Gasteiger partial charge in [0.15, 0.2) is 0 Å². The van der Waals surface area contributed by atoms with E-state index in [0.717, 1.165) is 78.5 Å². The van der Waals surface area contributed by atoms with Crippen LogP contribution in [-0.4, -0.2) is 63.3 Å². The molecule has 0 bridgehead atoms. The maximum Gasteiger partial charge on any atom is 0.308 e. The molecule has 2 aromatic heterocycles. The second-order valence-corrected chi connectivity index (χ2v) is 11.9. The summed E-state index contributed by atoms with van der Waals surface area (Å²) in [7, 11) is 0. The molecular weight excluding hydrogens is 565 g/mol. The van der Waals surface area contributed by atoms with Crippen molar-refractivity contribution in [1.82, 2.24) is 24.6 Å². The summed E-state index contributed by atoms with van der Waals surface area (Å²) in [5.74, 6) is 0.531. The van der Waals surface area contributed by atoms with Gasteiger partial charge in [0, 0.05) is 44.7 Å². The summed E-state index contributed by atoms with van der Waals surface area (Å²) in [6.45, 7) is 8.40. The van der Waals surface area contributed by atoms with Gasteiger partial charge in [-0.15, -0.1) is 10.2 Å². The molecule has 2 fully saturated rings. The van der Waals surface area contributed by atoms with E-state index in [1.165, 1.54) is 24.3 Å². The number of aromatic nitrogens is 4. The van der Waals surface area contributed by atoms with Crippen LogP contribution in [0.15, 0.2) is 60.7 Å². The minimum Gasteiger partial charge on any atom is -0.427 e. The normalized spacial score (nSPS) is 15.7. The van der Waals surface area contributed by atoms with Crippen molar-refractivity contribution < 1.29 is 13.9 Å². The van der Waals surface area contributed by atoms with Gasteiger partial charge in [-0.05, 0) is 67.9 Å². The number of rotatable bonds is 8. The van der Waals surface area contributed by atoms with E-state index in [1.807, 2.05) is 18.2 Å². The molecule has 9 nitrogen and oxygen atoms in total. The van der Waals surface area contributed by atoms with E-state index in [4.69, 9.17) is 9.72 Å². The van der Waals surface area contributed by atoms with Crippen LogP contribution in [-0.2, 0) is 4.79 Å². The number of ether oxygens (including phenoxy) is 1. The van der Waals surface area contributed by atoms with Crippen molar-refractivity contribution in [2.24, 2.45) is 0 Å². The number of benzene rings is 3. The molecule has 3 aromatic carbocycles. The Kier molecular flexibility index (Phi) is 7.28. The van der Waals surface area contributed by atoms with Crippen LogP contribution in [0.25, 0.3) is 33.0 Å². The van der Waals surface area contributed by atoms with Crippen molar-refractivity contribution >= 4 is 44.8 Å². The number of likely N-dealkylation sites (N-methyl/N-ethyl adjacent to an activating group) is 1. The van der Waals surface area contributed by atoms with Gasteiger partial charge in [-0.3, -0.25) is 4.79 Å². The van der Waals surface area contributed by atoms with Gasteiger partial charge in [0.1, 0.15) is 22.4 Å². The monoisotopic (exact) mass is 597 g/mol. The lowest BCUT2D eigenvalue weighted by Crippen LogP contribution is -2.46. The van der Waals surface area contributed by atoms with E-state index in [9.17, 15) is 9.18 Å². The van der Waals surface area contributed by atoms with E-state index in [0.29, 0.717) is 28.3 Å². The number of esters is 1. The Morgan fingerprint density at radius 3 is 2.51 bits per heavy atom. The predicted molar refractivity (Wildman–Crippen MR) is 168 cm³/mol. The Morgan fingerprint density at radius 2 is 1.81 bits per heavy atom. The highest BCUT2D eigenvalue weighted by Gasteiger charge is 2.31. The maximum absolute atomic E-state index is 15.0. The topological polar surface area (TPSA) is 88.4 Å². The molecule has 1 saturated heterocycles. The SMILES string of the molecule is CCN1CCN(c2cc3c(cc2Nc2nnc(-c4ccc(OC(C)=O)cc4)s2)nc(-c2ccccc2F)n3C2CC2)CC1. The lowest BCUT2D eigenvalue weighted by atomic mass is 10.2. The molecule has 5 aromatic rings. The van der Waals surface area contributed by atoms with Gasteiger partial charge in [-0.2, -0.15) is 0 Å². The largest absolute Gasteiger partial charge is 0.427 e. The number of imidazole rings is 1. The van der Waals surface area contributed by atoms with E-state index in [2.05, 4.69) is 48.9 Å². The molecule has 0 radical (unpaired) electrons. The Bertz CT molecular complexity index is 1790. The molecule has 11 heteroatoms. The smallest absolute Gasteiger partial charge is 0.308 e. The molecule has 1 aliphatic carbocycles. The maximum atomic E-state index is 15.0. The molecule has 0 unspecified atom stereocenters. The molecule has 1 aliphatic heterocycles. The number of hydrogen-bond acceptors (Lipinski definition) is 9. The summed E-state index contributed by atoms with van der Waals surface area (Å²) in [6.07, 6.45) is 2.12. The number of carbonyl (C=O) groups excluding carboxylic acids is 1. The standard InChI is InChI=1S/C32H32FN7O2S/c1-3-38-14-16-39(17-15-38)28-19-29-27(34-30(40(29)22-10-11-22)24-6-4-5-7-25(24)33)18-26(28)35-32-37-36-31(43-32)21-8-12-23(13-9-21)42-20(2)41/h4-9,12-13,18-19,22H,3,10-11,14-17H2,1-2H3,(H,35,37). The van der Waals surface area contributed by atoms with Crippen LogP contribution in [0.3, 0.4) is 0 Å². The highest BCUT2D eigenvalue weighted by molar-refractivity contribution is 7.18. The van der Waals surface area contributed by atoms with E-state index in [1.54, 1.807) is 24.3 Å². The van der Waals surface area contributed by atoms with Gasteiger partial charge in [-0.25, -0.2) is 9.37 Å². The zero-order valence-electron chi connectivity index (χ0n) is 24.1. The first-order valence-corrected chi connectivity index (χ1v) is 15.5. The molecule has 1 N–H and O–H groups in total. The van der Waals surface area contributed by atoms with Crippen molar-refractivity contribution in [2.45, 2.75) is 32.7 Å². The first-order valence-electron chi connectivity index (χ1n) is 14.6. The van der Waals surface area contributed by atoms with Crippen LogP contribution in [0.2, 0.25) is 0 Å². The van der Waals surface area contributed by atoms with Crippen molar-refractivity contribution in [3.63, 3.8) is 0 Å². The summed E-state index contributed by atoms with van der Waals surface area (Å²) in [6, 6.07) is 18.7. The third kappa shape index (κ3) is 5.57. The second-order valence-electron chi connectivity index (χ2n) is 11.0. The van der Waals surface area contributed by atoms with Crippen molar-refractivity contribution in [2.75, 3.05) is 42.9 Å². The zero-order valence-corrected chi connectivity index (χ0v) is 24.9. The number of hydrogen-bond donors (Lipinski definition) is 1. The van der Waals surface area contributed by atoms with Crippen LogP contribution < -0.4 is 15.0 Å². The van der Waals surface area contributed by atoms with Crippen LogP contribution in [0, 0.1) is 5.82 Å². The zero-order chi connectivity index (χ0) is 29.5. The fraction of sp³-hybridized carbons (Fsp3) is 0.312. The Labute approximate surface area is 252 Å². The fourth-order valence-corrected chi connectivity index (χ4v) is 6.43. The number of piperazine rings is 1. The molecule has 220 valence electrons. The average molecular weight is 598 g/mol. The summed E-state index contributed by atoms with van der Waals surface area (Å²) in [4.78, 5) is 21.1. The lowest BCUT2D eigenvalue weighted by molar-refractivity contribution is -0.131. The third-order valence-corrected chi connectivity index (χ3v) is 8.91. The molecular formula is C32H32FN7O2S. The number of nitrogens with one attached hydrogen (secondary N) is 1. The summed E-state index contributed by atoms with van der Waals surface area (Å²) >= 11 is 1.44. The molecule has 43 heavy (non-hydrogen) atoms. The summed E-state index contributed by atoms with van der Waals surface area (Å²) in [5.41, 5.74) is 5.20. The number of halogens is 1. The minimum absolute atomic E-state index is 0.267. The summed E-state index contributed by atoms with van der Waals surface area (Å²) in [5, 5.41) is 13.8. The number of anilines is 3. The molecule has 0 spiro atoms. The third-order valence-electron chi connectivity index (χ3n) is 8.02. The van der Waals surface area contributed by atoms with Gasteiger partial charge in [-0.1, -0.05) is 30.4 Å². The highest BCUT2D eigenvalue weighted by atomic mass is 32.1. The number of carbonyl (C=O) groups is 1. The number of fused-ring (bicyclic) bond motifs is 1. The van der Waals surface area contributed by atoms with Crippen molar-refractivity contribution in [3.05, 3.63) is 66.5 Å². The molecule has 2 aliphatic rings. The predicted octanol–water partition coefficient (Wildman–Crippen LogP) is 6.51. The number of nitrogens with zero attached hydrogens (tertiary/aromatic N) is 6. The summed E-state index contributed by atoms with van der Waals surface area (Å²) < 4.78 is 22.4. The molecule has 7 rings (SSSR count). The fourth-order valence-electron chi connectivity index (χ4n) is 5.67. The van der Waals surface area contributed by atoms with Crippen molar-refractivity contribution in [1.29, 1.82) is 0 Å². The van der Waals surface area contributed by atoms with E-state index < -0.39 is 0 Å². The van der Waals surface area contributed by atoms with Crippen molar-refractivity contribution in [3.8, 4) is 27.7 Å². The van der Waals surface area contributed by atoms with Gasteiger partial charge in [0.25, 0.3) is 0 Å². The van der Waals surface area contributed by atoms with Gasteiger partial charge >= 0.3 is 5.97 Å². The first-order chi connectivity index (χ1) is 21.0. The molecule has 3 heterocycles. The first kappa shape index (κ1) is 27.5. The van der Waals surface area contributed by atoms with Gasteiger partial charge in [0.2, 0.25) is 5.13 Å². The van der Waals surface area contributed by atoms with E-state index >= 15 is 0 Å². The van der Waals surface area contributed by atoms with Gasteiger partial charge < -0.3 is 24.4 Å². The average Bonchev–Trinajstić information content (AvgIpc) is 3.63. The quantitative estimate of drug-likeness (QED) is 0.160. The van der Waals surface area contributed by atoms with Crippen LogP contribution in [0.5, 0.6) is 5.75 Å². The van der Waals surface area contributed by atoms with Gasteiger partial charge in [0.05, 0.1) is 28.0 Å². The van der Waals surface area contributed by atoms with Crippen LogP contribution in [0.4, 0.5) is 20.9 Å².